The van der Waals surface area contributed by atoms with Gasteiger partial charge in [0.25, 0.3) is 0 Å². The molecule has 0 atom stereocenters. The van der Waals surface area contributed by atoms with Gasteiger partial charge in [-0.2, -0.15) is 0 Å². The van der Waals surface area contributed by atoms with Crippen molar-refractivity contribution in [3.63, 3.8) is 0 Å². The van der Waals surface area contributed by atoms with Gasteiger partial charge in [0.2, 0.25) is 5.88 Å². The molecule has 0 saturated heterocycles. The Hall–Kier alpha value is -0.760. The van der Waals surface area contributed by atoms with E-state index in [0.29, 0.717) is 17.5 Å². The van der Waals surface area contributed by atoms with E-state index in [1.54, 1.807) is 6.20 Å². The summed E-state index contributed by atoms with van der Waals surface area (Å²) < 4.78 is 5.17. The quantitative estimate of drug-likeness (QED) is 0.682. The smallest absolute Gasteiger partial charge is 0.213 e. The Kier molecular flexibility index (Phi) is 2.71. The number of halogens is 1. The van der Waals surface area contributed by atoms with E-state index in [2.05, 4.69) is 4.98 Å². The maximum Gasteiger partial charge on any atom is 0.213 e. The number of hydrogen-bond donors (Lipinski definition) is 0. The number of nitrogens with zero attached hydrogens (tertiary/aromatic N) is 1. The van der Waals surface area contributed by atoms with Gasteiger partial charge < -0.3 is 4.74 Å². The first kappa shape index (κ1) is 8.34. The Bertz CT molecular complexity index is 250. The number of rotatable bonds is 2. The van der Waals surface area contributed by atoms with Crippen molar-refractivity contribution < 1.29 is 4.74 Å². The molecule has 0 aliphatic rings. The molecule has 1 aromatic heterocycles. The monoisotopic (exact) mass is 171 g/mol. The minimum atomic E-state index is 0.633. The van der Waals surface area contributed by atoms with Crippen molar-refractivity contribution in [3.8, 4) is 5.88 Å². The van der Waals surface area contributed by atoms with Gasteiger partial charge >= 0.3 is 0 Å². The molecule has 1 heterocycles. The van der Waals surface area contributed by atoms with Gasteiger partial charge in [0.1, 0.15) is 0 Å². The molecule has 0 spiro atoms. The molecule has 0 radical (unpaired) electrons. The topological polar surface area (TPSA) is 22.1 Å². The summed E-state index contributed by atoms with van der Waals surface area (Å²) in [5.41, 5.74) is 0.991. The zero-order valence-corrected chi connectivity index (χ0v) is 7.35. The first-order chi connectivity index (χ1) is 5.24. The van der Waals surface area contributed by atoms with E-state index in [1.807, 2.05) is 19.9 Å². The second-order valence-corrected chi connectivity index (χ2v) is 2.61. The van der Waals surface area contributed by atoms with Crippen molar-refractivity contribution in [1.82, 2.24) is 4.98 Å². The molecule has 0 saturated carbocycles. The first-order valence-corrected chi connectivity index (χ1v) is 3.86. The highest BCUT2D eigenvalue weighted by Crippen LogP contribution is 2.17. The van der Waals surface area contributed by atoms with Crippen molar-refractivity contribution >= 4 is 11.6 Å². The predicted octanol–water partition coefficient (Wildman–Crippen LogP) is 2.44. The molecule has 1 rings (SSSR count). The second kappa shape index (κ2) is 3.58. The van der Waals surface area contributed by atoms with Crippen LogP contribution in [0.4, 0.5) is 0 Å². The normalized spacial score (nSPS) is 9.73. The highest BCUT2D eigenvalue weighted by Gasteiger charge is 1.97. The standard InChI is InChI=1S/C8H10ClNO/c1-3-11-8-4-6(2)7(9)5-10-8/h4-5H,3H2,1-2H3. The summed E-state index contributed by atoms with van der Waals surface area (Å²) in [4.78, 5) is 3.97. The number of pyridine rings is 1. The average molecular weight is 172 g/mol. The number of aromatic nitrogens is 1. The Morgan fingerprint density at radius 1 is 1.64 bits per heavy atom. The molecular weight excluding hydrogens is 162 g/mol. The predicted molar refractivity (Wildman–Crippen MR) is 45.2 cm³/mol. The Labute approximate surface area is 71.2 Å². The van der Waals surface area contributed by atoms with Gasteiger partial charge in [0.05, 0.1) is 11.6 Å². The van der Waals surface area contributed by atoms with Gasteiger partial charge in [0, 0.05) is 12.3 Å². The number of ether oxygens (including phenoxy) is 1. The van der Waals surface area contributed by atoms with Crippen LogP contribution in [0.5, 0.6) is 5.88 Å². The lowest BCUT2D eigenvalue weighted by Gasteiger charge is -2.02. The van der Waals surface area contributed by atoms with E-state index in [1.165, 1.54) is 0 Å². The van der Waals surface area contributed by atoms with Crippen LogP contribution < -0.4 is 4.74 Å². The largest absolute Gasteiger partial charge is 0.478 e. The fraction of sp³-hybridized carbons (Fsp3) is 0.375. The lowest BCUT2D eigenvalue weighted by atomic mass is 10.3. The number of aryl methyl sites for hydroxylation is 1. The van der Waals surface area contributed by atoms with Crippen LogP contribution >= 0.6 is 11.6 Å². The van der Waals surface area contributed by atoms with Gasteiger partial charge in [-0.1, -0.05) is 11.6 Å². The summed E-state index contributed by atoms with van der Waals surface area (Å²) in [5.74, 6) is 0.634. The molecule has 1 aromatic rings. The minimum absolute atomic E-state index is 0.633. The van der Waals surface area contributed by atoms with Gasteiger partial charge in [-0.15, -0.1) is 0 Å². The summed E-state index contributed by atoms with van der Waals surface area (Å²) in [5, 5.41) is 0.674. The maximum absolute atomic E-state index is 5.76. The van der Waals surface area contributed by atoms with Crippen LogP contribution in [0.1, 0.15) is 12.5 Å². The lowest BCUT2D eigenvalue weighted by molar-refractivity contribution is 0.326. The van der Waals surface area contributed by atoms with E-state index in [9.17, 15) is 0 Å². The SMILES string of the molecule is CCOc1cc(C)c(Cl)cn1. The molecule has 2 nitrogen and oxygen atoms in total. The van der Waals surface area contributed by atoms with E-state index in [-0.39, 0.29) is 0 Å². The van der Waals surface area contributed by atoms with E-state index in [4.69, 9.17) is 16.3 Å². The molecule has 0 aromatic carbocycles. The minimum Gasteiger partial charge on any atom is -0.478 e. The van der Waals surface area contributed by atoms with E-state index >= 15 is 0 Å². The fourth-order valence-electron chi connectivity index (χ4n) is 0.740. The van der Waals surface area contributed by atoms with Gasteiger partial charge in [0.15, 0.2) is 0 Å². The molecule has 11 heavy (non-hydrogen) atoms. The van der Waals surface area contributed by atoms with Gasteiger partial charge in [-0.3, -0.25) is 0 Å². The molecule has 0 aliphatic carbocycles. The highest BCUT2D eigenvalue weighted by atomic mass is 35.5. The van der Waals surface area contributed by atoms with E-state index < -0.39 is 0 Å². The van der Waals surface area contributed by atoms with Crippen LogP contribution in [0, 0.1) is 6.92 Å². The summed E-state index contributed by atoms with van der Waals surface area (Å²) in [6, 6.07) is 1.83. The molecule has 60 valence electrons. The maximum atomic E-state index is 5.76. The van der Waals surface area contributed by atoms with Crippen LogP contribution in [0.25, 0.3) is 0 Å². The molecule has 0 unspecified atom stereocenters. The second-order valence-electron chi connectivity index (χ2n) is 2.20. The Morgan fingerprint density at radius 2 is 2.36 bits per heavy atom. The van der Waals surface area contributed by atoms with E-state index in [0.717, 1.165) is 5.56 Å². The average Bonchev–Trinajstić information content (AvgIpc) is 1.98. The van der Waals surface area contributed by atoms with Crippen molar-refractivity contribution in [2.24, 2.45) is 0 Å². The molecule has 0 bridgehead atoms. The van der Waals surface area contributed by atoms with Gasteiger partial charge in [-0.05, 0) is 19.4 Å². The Morgan fingerprint density at radius 3 is 2.91 bits per heavy atom. The molecule has 0 fully saturated rings. The zero-order valence-electron chi connectivity index (χ0n) is 6.60. The lowest BCUT2D eigenvalue weighted by Crippen LogP contribution is -1.94. The molecule has 0 amide bonds. The molecular formula is C8H10ClNO. The molecule has 0 N–H and O–H groups in total. The molecule has 0 aliphatic heterocycles. The van der Waals surface area contributed by atoms with Crippen LogP contribution in [-0.2, 0) is 0 Å². The third-order valence-corrected chi connectivity index (χ3v) is 1.71. The zero-order chi connectivity index (χ0) is 8.27. The van der Waals surface area contributed by atoms with Gasteiger partial charge in [-0.25, -0.2) is 4.98 Å². The highest BCUT2D eigenvalue weighted by molar-refractivity contribution is 6.31. The van der Waals surface area contributed by atoms with Crippen molar-refractivity contribution in [2.45, 2.75) is 13.8 Å². The van der Waals surface area contributed by atoms with Crippen LogP contribution in [0.15, 0.2) is 12.3 Å². The van der Waals surface area contributed by atoms with Crippen molar-refractivity contribution in [2.75, 3.05) is 6.61 Å². The summed E-state index contributed by atoms with van der Waals surface area (Å²) in [6.45, 7) is 4.48. The fourth-order valence-corrected chi connectivity index (χ4v) is 0.844. The molecule has 3 heteroatoms. The third-order valence-electron chi connectivity index (χ3n) is 1.31. The first-order valence-electron chi connectivity index (χ1n) is 3.49. The summed E-state index contributed by atoms with van der Waals surface area (Å²) in [6.07, 6.45) is 1.60. The van der Waals surface area contributed by atoms with Crippen LogP contribution in [0.3, 0.4) is 0 Å². The number of hydrogen-bond acceptors (Lipinski definition) is 2. The summed E-state index contributed by atoms with van der Waals surface area (Å²) in [7, 11) is 0. The van der Waals surface area contributed by atoms with Crippen molar-refractivity contribution in [3.05, 3.63) is 22.8 Å². The third kappa shape index (κ3) is 2.09. The summed E-state index contributed by atoms with van der Waals surface area (Å²) >= 11 is 5.76. The van der Waals surface area contributed by atoms with Crippen LogP contribution in [-0.4, -0.2) is 11.6 Å². The van der Waals surface area contributed by atoms with Crippen LogP contribution in [0.2, 0.25) is 5.02 Å². The Balaban J connectivity index is 2.86. The van der Waals surface area contributed by atoms with Crippen molar-refractivity contribution in [1.29, 1.82) is 0 Å².